The highest BCUT2D eigenvalue weighted by Gasteiger charge is 2.35. The van der Waals surface area contributed by atoms with Crippen LogP contribution in [0, 0.1) is 11.8 Å². The second-order valence-electron chi connectivity index (χ2n) is 4.20. The molecular formula is C10H19N. The van der Waals surface area contributed by atoms with E-state index in [4.69, 9.17) is 0 Å². The van der Waals surface area contributed by atoms with Gasteiger partial charge in [-0.25, -0.2) is 0 Å². The van der Waals surface area contributed by atoms with Crippen LogP contribution in [0.15, 0.2) is 0 Å². The van der Waals surface area contributed by atoms with E-state index in [-0.39, 0.29) is 0 Å². The summed E-state index contributed by atoms with van der Waals surface area (Å²) >= 11 is 0. The summed E-state index contributed by atoms with van der Waals surface area (Å²) in [6, 6.07) is 0.896. The number of rotatable bonds is 4. The summed E-state index contributed by atoms with van der Waals surface area (Å²) < 4.78 is 0. The molecule has 2 rings (SSSR count). The predicted octanol–water partition coefficient (Wildman–Crippen LogP) is 2.17. The average molecular weight is 153 g/mol. The van der Waals surface area contributed by atoms with Crippen LogP contribution in [0.3, 0.4) is 0 Å². The molecule has 2 aliphatic rings. The molecule has 2 saturated carbocycles. The van der Waals surface area contributed by atoms with Crippen LogP contribution in [-0.2, 0) is 0 Å². The van der Waals surface area contributed by atoms with Crippen LogP contribution in [0.4, 0.5) is 0 Å². The van der Waals surface area contributed by atoms with Crippen LogP contribution in [0.1, 0.15) is 39.0 Å². The molecule has 0 radical (unpaired) electrons. The summed E-state index contributed by atoms with van der Waals surface area (Å²) in [4.78, 5) is 0. The Balaban J connectivity index is 1.54. The second kappa shape index (κ2) is 3.14. The Hall–Kier alpha value is -0.0400. The summed E-state index contributed by atoms with van der Waals surface area (Å²) in [5.41, 5.74) is 0. The van der Waals surface area contributed by atoms with Gasteiger partial charge in [0.2, 0.25) is 0 Å². The predicted molar refractivity (Wildman–Crippen MR) is 47.5 cm³/mol. The van der Waals surface area contributed by atoms with Gasteiger partial charge in [-0.2, -0.15) is 0 Å². The molecule has 0 amide bonds. The molecule has 2 fully saturated rings. The Labute approximate surface area is 69.6 Å². The first-order valence-electron chi connectivity index (χ1n) is 5.13. The van der Waals surface area contributed by atoms with Crippen LogP contribution >= 0.6 is 0 Å². The molecule has 0 aromatic rings. The molecule has 0 spiro atoms. The Morgan fingerprint density at radius 3 is 2.55 bits per heavy atom. The molecule has 2 unspecified atom stereocenters. The SMILES string of the molecule is CCC1CC1CNC1CCC1. The van der Waals surface area contributed by atoms with Crippen molar-refractivity contribution < 1.29 is 0 Å². The third-order valence-corrected chi connectivity index (χ3v) is 3.37. The van der Waals surface area contributed by atoms with E-state index in [9.17, 15) is 0 Å². The highest BCUT2D eigenvalue weighted by atomic mass is 14.9. The first-order valence-corrected chi connectivity index (χ1v) is 5.13. The molecule has 64 valence electrons. The van der Waals surface area contributed by atoms with Gasteiger partial charge in [-0.1, -0.05) is 19.8 Å². The minimum atomic E-state index is 0.896. The van der Waals surface area contributed by atoms with Crippen LogP contribution in [-0.4, -0.2) is 12.6 Å². The minimum absolute atomic E-state index is 0.896. The molecule has 0 aliphatic heterocycles. The topological polar surface area (TPSA) is 12.0 Å². The lowest BCUT2D eigenvalue weighted by Crippen LogP contribution is -2.36. The van der Waals surface area contributed by atoms with E-state index in [1.807, 2.05) is 0 Å². The van der Waals surface area contributed by atoms with Crippen molar-refractivity contribution in [1.29, 1.82) is 0 Å². The molecule has 0 heterocycles. The smallest absolute Gasteiger partial charge is 0.00672 e. The lowest BCUT2D eigenvalue weighted by Gasteiger charge is -2.26. The quantitative estimate of drug-likeness (QED) is 0.652. The van der Waals surface area contributed by atoms with Gasteiger partial charge in [-0.15, -0.1) is 0 Å². The molecule has 1 N–H and O–H groups in total. The number of hydrogen-bond acceptors (Lipinski definition) is 1. The fourth-order valence-corrected chi connectivity index (χ4v) is 1.99. The third-order valence-electron chi connectivity index (χ3n) is 3.37. The Morgan fingerprint density at radius 1 is 1.27 bits per heavy atom. The van der Waals surface area contributed by atoms with Gasteiger partial charge in [-0.05, 0) is 37.6 Å². The first-order chi connectivity index (χ1) is 5.40. The zero-order chi connectivity index (χ0) is 7.68. The van der Waals surface area contributed by atoms with E-state index in [0.717, 1.165) is 17.9 Å². The van der Waals surface area contributed by atoms with E-state index in [1.54, 1.807) is 0 Å². The van der Waals surface area contributed by atoms with Gasteiger partial charge in [0.1, 0.15) is 0 Å². The van der Waals surface area contributed by atoms with Crippen LogP contribution in [0.25, 0.3) is 0 Å². The summed E-state index contributed by atoms with van der Waals surface area (Å²) in [7, 11) is 0. The molecule has 0 aromatic carbocycles. The van der Waals surface area contributed by atoms with Gasteiger partial charge >= 0.3 is 0 Å². The number of hydrogen-bond donors (Lipinski definition) is 1. The van der Waals surface area contributed by atoms with Gasteiger partial charge in [0.15, 0.2) is 0 Å². The average Bonchev–Trinajstić information content (AvgIpc) is 2.64. The van der Waals surface area contributed by atoms with Gasteiger partial charge in [0, 0.05) is 6.04 Å². The highest BCUT2D eigenvalue weighted by molar-refractivity contribution is 4.88. The summed E-state index contributed by atoms with van der Waals surface area (Å²) in [5.74, 6) is 2.11. The third kappa shape index (κ3) is 1.76. The van der Waals surface area contributed by atoms with E-state index in [0.29, 0.717) is 0 Å². The van der Waals surface area contributed by atoms with Crippen molar-refractivity contribution in [2.45, 2.75) is 45.1 Å². The maximum atomic E-state index is 3.65. The Bertz CT molecular complexity index is 129. The van der Waals surface area contributed by atoms with Gasteiger partial charge in [-0.3, -0.25) is 0 Å². The van der Waals surface area contributed by atoms with E-state index in [1.165, 1.54) is 38.6 Å². The fourth-order valence-electron chi connectivity index (χ4n) is 1.99. The molecule has 0 aromatic heterocycles. The van der Waals surface area contributed by atoms with Crippen molar-refractivity contribution in [2.75, 3.05) is 6.54 Å². The lowest BCUT2D eigenvalue weighted by atomic mass is 9.93. The first kappa shape index (κ1) is 7.60. The van der Waals surface area contributed by atoms with Gasteiger partial charge in [0.05, 0.1) is 0 Å². The molecule has 1 nitrogen and oxygen atoms in total. The molecule has 11 heavy (non-hydrogen) atoms. The fraction of sp³-hybridized carbons (Fsp3) is 1.00. The van der Waals surface area contributed by atoms with Gasteiger partial charge in [0.25, 0.3) is 0 Å². The van der Waals surface area contributed by atoms with Crippen molar-refractivity contribution in [1.82, 2.24) is 5.32 Å². The Morgan fingerprint density at radius 2 is 2.09 bits per heavy atom. The molecule has 1 heteroatoms. The monoisotopic (exact) mass is 153 g/mol. The van der Waals surface area contributed by atoms with Crippen LogP contribution in [0.5, 0.6) is 0 Å². The summed E-state index contributed by atoms with van der Waals surface area (Å²) in [6.45, 7) is 3.62. The van der Waals surface area contributed by atoms with E-state index >= 15 is 0 Å². The highest BCUT2D eigenvalue weighted by Crippen LogP contribution is 2.40. The molecule has 2 atom stereocenters. The van der Waals surface area contributed by atoms with E-state index < -0.39 is 0 Å². The Kier molecular flexibility index (Phi) is 2.17. The van der Waals surface area contributed by atoms with E-state index in [2.05, 4.69) is 12.2 Å². The molecular weight excluding hydrogens is 134 g/mol. The standard InChI is InChI=1S/C10H19N/c1-2-8-6-9(8)7-11-10-4-3-5-10/h8-11H,2-7H2,1H3. The maximum absolute atomic E-state index is 3.65. The minimum Gasteiger partial charge on any atom is -0.314 e. The summed E-state index contributed by atoms with van der Waals surface area (Å²) in [5, 5.41) is 3.65. The summed E-state index contributed by atoms with van der Waals surface area (Å²) in [6.07, 6.45) is 7.22. The zero-order valence-corrected chi connectivity index (χ0v) is 7.47. The zero-order valence-electron chi connectivity index (χ0n) is 7.47. The lowest BCUT2D eigenvalue weighted by molar-refractivity contribution is 0.333. The van der Waals surface area contributed by atoms with Crippen molar-refractivity contribution in [3.05, 3.63) is 0 Å². The van der Waals surface area contributed by atoms with Crippen LogP contribution < -0.4 is 5.32 Å². The molecule has 2 aliphatic carbocycles. The van der Waals surface area contributed by atoms with Crippen molar-refractivity contribution in [3.8, 4) is 0 Å². The maximum Gasteiger partial charge on any atom is 0.00672 e. The second-order valence-corrected chi connectivity index (χ2v) is 4.20. The van der Waals surface area contributed by atoms with Crippen molar-refractivity contribution >= 4 is 0 Å². The normalized spacial score (nSPS) is 36.8. The molecule has 0 saturated heterocycles. The van der Waals surface area contributed by atoms with Crippen LogP contribution in [0.2, 0.25) is 0 Å². The van der Waals surface area contributed by atoms with Gasteiger partial charge < -0.3 is 5.32 Å². The number of nitrogens with one attached hydrogen (secondary N) is 1. The van der Waals surface area contributed by atoms with Crippen molar-refractivity contribution in [2.24, 2.45) is 11.8 Å². The molecule has 0 bridgehead atoms. The largest absolute Gasteiger partial charge is 0.314 e. The van der Waals surface area contributed by atoms with Crippen molar-refractivity contribution in [3.63, 3.8) is 0 Å².